The normalized spacial score (nSPS) is 17.3. The maximum absolute atomic E-state index is 11.9. The lowest BCUT2D eigenvalue weighted by Gasteiger charge is -2.38. The number of benzene rings is 2. The zero-order chi connectivity index (χ0) is 18.4. The minimum atomic E-state index is -1.13. The van der Waals surface area contributed by atoms with Crippen LogP contribution in [0.15, 0.2) is 60.7 Å². The Kier molecular flexibility index (Phi) is 5.74. The van der Waals surface area contributed by atoms with Crippen LogP contribution in [0, 0.1) is 6.92 Å². The van der Waals surface area contributed by atoms with Gasteiger partial charge in [-0.15, -0.1) is 0 Å². The number of aryl methyl sites for hydroxylation is 1. The molecule has 1 heterocycles. The van der Waals surface area contributed by atoms with Crippen LogP contribution in [-0.4, -0.2) is 41.2 Å². The van der Waals surface area contributed by atoms with Gasteiger partial charge < -0.3 is 9.84 Å². The molecule has 3 rings (SSSR count). The number of hydrogen-bond acceptors (Lipinski definition) is 3. The molecule has 0 radical (unpaired) electrons. The van der Waals surface area contributed by atoms with Crippen LogP contribution in [0.4, 0.5) is 0 Å². The summed E-state index contributed by atoms with van der Waals surface area (Å²) in [6.45, 7) is 4.16. The molecule has 0 bridgehead atoms. The van der Waals surface area contributed by atoms with E-state index in [9.17, 15) is 9.90 Å². The van der Waals surface area contributed by atoms with E-state index in [0.717, 1.165) is 12.1 Å². The lowest BCUT2D eigenvalue weighted by molar-refractivity contribution is -0.159. The van der Waals surface area contributed by atoms with Gasteiger partial charge in [-0.1, -0.05) is 60.7 Å². The van der Waals surface area contributed by atoms with Crippen molar-refractivity contribution < 1.29 is 14.6 Å². The molecule has 136 valence electrons. The van der Waals surface area contributed by atoms with E-state index in [1.54, 1.807) is 0 Å². The summed E-state index contributed by atoms with van der Waals surface area (Å²) in [4.78, 5) is 14.2. The number of carboxylic acids is 1. The molecule has 0 saturated carbocycles. The minimum absolute atomic E-state index is 0.482. The van der Waals surface area contributed by atoms with E-state index in [1.165, 1.54) is 5.56 Å². The van der Waals surface area contributed by atoms with Crippen LogP contribution in [0.2, 0.25) is 0 Å². The molecule has 26 heavy (non-hydrogen) atoms. The molecule has 1 N–H and O–H groups in total. The van der Waals surface area contributed by atoms with Crippen molar-refractivity contribution in [3.63, 3.8) is 0 Å². The molecule has 1 aliphatic heterocycles. The Morgan fingerprint density at radius 1 is 1.12 bits per heavy atom. The first-order valence-corrected chi connectivity index (χ1v) is 9.01. The lowest BCUT2D eigenvalue weighted by Crippen LogP contribution is -2.53. The highest BCUT2D eigenvalue weighted by atomic mass is 16.5. The second-order valence-electron chi connectivity index (χ2n) is 6.78. The van der Waals surface area contributed by atoms with Gasteiger partial charge in [-0.25, -0.2) is 4.79 Å². The fourth-order valence-corrected chi connectivity index (χ4v) is 3.24. The van der Waals surface area contributed by atoms with Gasteiger partial charge >= 0.3 is 5.97 Å². The summed E-state index contributed by atoms with van der Waals surface area (Å²) in [7, 11) is 0. The van der Waals surface area contributed by atoms with Crippen LogP contribution < -0.4 is 4.74 Å². The van der Waals surface area contributed by atoms with Crippen molar-refractivity contribution in [1.82, 2.24) is 4.90 Å². The molecule has 1 aliphatic rings. The summed E-state index contributed by atoms with van der Waals surface area (Å²) in [5, 5.41) is 9.79. The molecule has 1 fully saturated rings. The van der Waals surface area contributed by atoms with E-state index in [-0.39, 0.29) is 0 Å². The Morgan fingerprint density at radius 3 is 2.42 bits per heavy atom. The predicted molar refractivity (Wildman–Crippen MR) is 103 cm³/mol. The third-order valence-electron chi connectivity index (χ3n) is 4.93. The van der Waals surface area contributed by atoms with Gasteiger partial charge in [0.2, 0.25) is 5.60 Å². The monoisotopic (exact) mass is 351 g/mol. The molecular weight excluding hydrogens is 326 g/mol. The summed E-state index contributed by atoms with van der Waals surface area (Å²) in [5.74, 6) is -0.215. The summed E-state index contributed by atoms with van der Waals surface area (Å²) in [6.07, 6.45) is 5.19. The van der Waals surface area contributed by atoms with E-state index >= 15 is 0 Å². The number of rotatable bonds is 6. The quantitative estimate of drug-likeness (QED) is 0.854. The Hall–Kier alpha value is -2.59. The van der Waals surface area contributed by atoms with Crippen LogP contribution in [-0.2, 0) is 4.79 Å². The molecular formula is C22H25NO3. The summed E-state index contributed by atoms with van der Waals surface area (Å²) >= 11 is 0. The standard InChI is InChI=1S/C22H25NO3/c1-18-8-5-6-12-20(18)26-22(21(24)25)13-16-23(17-14-22)15-7-11-19-9-3-2-4-10-19/h2-12H,13-17H2,1H3,(H,24,25). The molecule has 4 nitrogen and oxygen atoms in total. The number of nitrogens with zero attached hydrogens (tertiary/aromatic N) is 1. The van der Waals surface area contributed by atoms with Crippen molar-refractivity contribution in [3.05, 3.63) is 71.8 Å². The number of likely N-dealkylation sites (tertiary alicyclic amines) is 1. The third kappa shape index (κ3) is 4.33. The van der Waals surface area contributed by atoms with E-state index in [0.29, 0.717) is 31.7 Å². The Bertz CT molecular complexity index is 762. The predicted octanol–water partition coefficient (Wildman–Crippen LogP) is 4.01. The number of ether oxygens (including phenoxy) is 1. The van der Waals surface area contributed by atoms with Crippen LogP contribution >= 0.6 is 0 Å². The molecule has 0 spiro atoms. The molecule has 1 saturated heterocycles. The van der Waals surface area contributed by atoms with E-state index in [4.69, 9.17) is 4.74 Å². The highest BCUT2D eigenvalue weighted by molar-refractivity contribution is 5.78. The minimum Gasteiger partial charge on any atom is -0.478 e. The maximum Gasteiger partial charge on any atom is 0.348 e. The number of hydrogen-bond donors (Lipinski definition) is 1. The van der Waals surface area contributed by atoms with Crippen molar-refractivity contribution in [2.45, 2.75) is 25.4 Å². The van der Waals surface area contributed by atoms with Gasteiger partial charge in [-0.3, -0.25) is 4.90 Å². The molecule has 2 aromatic carbocycles. The maximum atomic E-state index is 11.9. The number of aliphatic carboxylic acids is 1. The number of carboxylic acid groups (broad SMARTS) is 1. The van der Waals surface area contributed by atoms with E-state index in [2.05, 4.69) is 29.2 Å². The van der Waals surface area contributed by atoms with Crippen molar-refractivity contribution in [2.24, 2.45) is 0 Å². The fourth-order valence-electron chi connectivity index (χ4n) is 3.24. The van der Waals surface area contributed by atoms with Gasteiger partial charge in [0, 0.05) is 32.5 Å². The van der Waals surface area contributed by atoms with E-state index < -0.39 is 11.6 Å². The van der Waals surface area contributed by atoms with Crippen molar-refractivity contribution in [2.75, 3.05) is 19.6 Å². The van der Waals surface area contributed by atoms with Crippen LogP contribution in [0.5, 0.6) is 5.75 Å². The summed E-state index contributed by atoms with van der Waals surface area (Å²) in [6, 6.07) is 17.8. The van der Waals surface area contributed by atoms with Gasteiger partial charge in [-0.2, -0.15) is 0 Å². The molecule has 0 aliphatic carbocycles. The van der Waals surface area contributed by atoms with Crippen LogP contribution in [0.25, 0.3) is 6.08 Å². The van der Waals surface area contributed by atoms with Crippen LogP contribution in [0.3, 0.4) is 0 Å². The van der Waals surface area contributed by atoms with E-state index in [1.807, 2.05) is 49.4 Å². The number of carbonyl (C=O) groups is 1. The highest BCUT2D eigenvalue weighted by Gasteiger charge is 2.44. The van der Waals surface area contributed by atoms with Gasteiger partial charge in [0.1, 0.15) is 5.75 Å². The van der Waals surface area contributed by atoms with Gasteiger partial charge in [-0.05, 0) is 24.1 Å². The highest BCUT2D eigenvalue weighted by Crippen LogP contribution is 2.31. The van der Waals surface area contributed by atoms with Crippen LogP contribution in [0.1, 0.15) is 24.0 Å². The molecule has 4 heteroatoms. The Labute approximate surface area is 154 Å². The lowest BCUT2D eigenvalue weighted by atomic mass is 9.91. The summed E-state index contributed by atoms with van der Waals surface area (Å²) < 4.78 is 6.01. The Balaban J connectivity index is 1.60. The topological polar surface area (TPSA) is 49.8 Å². The van der Waals surface area contributed by atoms with Gasteiger partial charge in [0.15, 0.2) is 0 Å². The third-order valence-corrected chi connectivity index (χ3v) is 4.93. The Morgan fingerprint density at radius 2 is 1.77 bits per heavy atom. The zero-order valence-corrected chi connectivity index (χ0v) is 15.1. The molecule has 0 amide bonds. The first-order valence-electron chi connectivity index (χ1n) is 9.01. The number of piperidine rings is 1. The second kappa shape index (κ2) is 8.19. The largest absolute Gasteiger partial charge is 0.478 e. The molecule has 0 unspecified atom stereocenters. The van der Waals surface area contributed by atoms with Gasteiger partial charge in [0.25, 0.3) is 0 Å². The SMILES string of the molecule is Cc1ccccc1OC1(C(=O)O)CCN(CC=Cc2ccccc2)CC1. The second-order valence-corrected chi connectivity index (χ2v) is 6.78. The molecule has 0 atom stereocenters. The van der Waals surface area contributed by atoms with Gasteiger partial charge in [0.05, 0.1) is 0 Å². The van der Waals surface area contributed by atoms with Crippen molar-refractivity contribution >= 4 is 12.0 Å². The average molecular weight is 351 g/mol. The average Bonchev–Trinajstić information content (AvgIpc) is 2.66. The molecule has 2 aromatic rings. The first-order chi connectivity index (χ1) is 12.6. The zero-order valence-electron chi connectivity index (χ0n) is 15.1. The first kappa shape index (κ1) is 18.2. The fraction of sp³-hybridized carbons (Fsp3) is 0.318. The van der Waals surface area contributed by atoms with Crippen molar-refractivity contribution in [1.29, 1.82) is 0 Å². The molecule has 0 aromatic heterocycles. The summed E-state index contributed by atoms with van der Waals surface area (Å²) in [5.41, 5.74) is 1.000. The number of para-hydroxylation sites is 1. The van der Waals surface area contributed by atoms with Crippen molar-refractivity contribution in [3.8, 4) is 5.75 Å². The smallest absolute Gasteiger partial charge is 0.348 e.